The first-order chi connectivity index (χ1) is 10.2. The Hall–Kier alpha value is -2.35. The van der Waals surface area contributed by atoms with Gasteiger partial charge in [-0.2, -0.15) is 0 Å². The van der Waals surface area contributed by atoms with Gasteiger partial charge >= 0.3 is 5.97 Å². The average molecular weight is 306 g/mol. The van der Waals surface area contributed by atoms with Gasteiger partial charge in [0, 0.05) is 6.20 Å². The maximum absolute atomic E-state index is 11.7. The van der Waals surface area contributed by atoms with Gasteiger partial charge in [-0.05, 0) is 19.1 Å². The van der Waals surface area contributed by atoms with Crippen molar-refractivity contribution in [3.8, 4) is 0 Å². The summed E-state index contributed by atoms with van der Waals surface area (Å²) in [6.45, 7) is 2.03. The Morgan fingerprint density at radius 1 is 1.38 bits per heavy atom. The number of carbonyl (C=O) groups is 2. The largest absolute Gasteiger partial charge is 0.461 e. The van der Waals surface area contributed by atoms with Gasteiger partial charge in [0.1, 0.15) is 11.5 Å². The number of thioether (sulfide) groups is 1. The van der Waals surface area contributed by atoms with Crippen LogP contribution in [0.2, 0.25) is 0 Å². The Labute approximate surface area is 125 Å². The molecule has 0 aromatic carbocycles. The summed E-state index contributed by atoms with van der Waals surface area (Å²) in [6.07, 6.45) is 2.98. The molecule has 2 N–H and O–H groups in total. The zero-order valence-corrected chi connectivity index (χ0v) is 12.1. The summed E-state index contributed by atoms with van der Waals surface area (Å²) in [4.78, 5) is 34.0. The highest BCUT2D eigenvalue weighted by Gasteiger charge is 2.12. The molecule has 0 saturated carbocycles. The zero-order chi connectivity index (χ0) is 15.1. The first-order valence-corrected chi connectivity index (χ1v) is 7.23. The van der Waals surface area contributed by atoms with Crippen molar-refractivity contribution >= 4 is 29.5 Å². The molecule has 0 atom stereocenters. The molecule has 0 aliphatic heterocycles. The highest BCUT2D eigenvalue weighted by atomic mass is 32.2. The summed E-state index contributed by atoms with van der Waals surface area (Å²) < 4.78 is 4.84. The van der Waals surface area contributed by atoms with Crippen LogP contribution in [0.25, 0.3) is 0 Å². The van der Waals surface area contributed by atoms with Crippen LogP contribution >= 0.6 is 11.8 Å². The van der Waals surface area contributed by atoms with Crippen molar-refractivity contribution in [1.82, 2.24) is 15.0 Å². The Balaban J connectivity index is 1.83. The summed E-state index contributed by atoms with van der Waals surface area (Å²) in [7, 11) is 0. The predicted molar refractivity (Wildman–Crippen MR) is 78.1 cm³/mol. The first kappa shape index (κ1) is 15.0. The number of nitrogens with zero attached hydrogens (tertiary/aromatic N) is 2. The van der Waals surface area contributed by atoms with Crippen LogP contribution in [-0.2, 0) is 9.53 Å². The number of imidazole rings is 1. The molecule has 2 aromatic rings. The number of aromatic amines is 1. The number of nitrogens with one attached hydrogen (secondary N) is 2. The molecule has 110 valence electrons. The van der Waals surface area contributed by atoms with Crippen LogP contribution in [0.5, 0.6) is 0 Å². The second kappa shape index (κ2) is 7.44. The van der Waals surface area contributed by atoms with E-state index in [0.29, 0.717) is 17.6 Å². The standard InChI is InChI=1S/C13H14N4O3S/c1-2-20-12(19)9-7-15-13(16-9)21-8-11(18)17-10-5-3-4-6-14-10/h3-7H,2,8H2,1H3,(H,15,16)(H,14,17,18). The van der Waals surface area contributed by atoms with Gasteiger partial charge in [0.15, 0.2) is 5.16 Å². The van der Waals surface area contributed by atoms with Crippen LogP contribution in [0, 0.1) is 0 Å². The van der Waals surface area contributed by atoms with Gasteiger partial charge in [-0.15, -0.1) is 0 Å². The van der Waals surface area contributed by atoms with E-state index in [-0.39, 0.29) is 17.4 Å². The average Bonchev–Trinajstić information content (AvgIpc) is 2.95. The normalized spacial score (nSPS) is 10.1. The van der Waals surface area contributed by atoms with Gasteiger partial charge < -0.3 is 15.0 Å². The number of pyridine rings is 1. The number of H-pyrrole nitrogens is 1. The Bertz CT molecular complexity index is 615. The molecule has 8 heteroatoms. The number of aromatic nitrogens is 3. The summed E-state index contributed by atoms with van der Waals surface area (Å²) >= 11 is 1.19. The molecule has 0 aliphatic carbocycles. The molecule has 0 saturated heterocycles. The minimum absolute atomic E-state index is 0.159. The minimum atomic E-state index is -0.463. The highest BCUT2D eigenvalue weighted by Crippen LogP contribution is 2.14. The van der Waals surface area contributed by atoms with Crippen molar-refractivity contribution in [2.75, 3.05) is 17.7 Å². The van der Waals surface area contributed by atoms with Gasteiger partial charge in [-0.1, -0.05) is 17.8 Å². The molecule has 0 fully saturated rings. The van der Waals surface area contributed by atoms with Crippen LogP contribution in [0.1, 0.15) is 17.4 Å². The van der Waals surface area contributed by atoms with Crippen molar-refractivity contribution in [2.45, 2.75) is 12.1 Å². The Morgan fingerprint density at radius 2 is 2.24 bits per heavy atom. The predicted octanol–water partition coefficient (Wildman–Crippen LogP) is 1.71. The summed E-state index contributed by atoms with van der Waals surface area (Å²) in [5.41, 5.74) is 0.268. The molecule has 2 heterocycles. The second-order valence-electron chi connectivity index (χ2n) is 3.87. The molecule has 1 amide bonds. The fraction of sp³-hybridized carbons (Fsp3) is 0.231. The first-order valence-electron chi connectivity index (χ1n) is 6.25. The van der Waals surface area contributed by atoms with Gasteiger partial charge in [0.25, 0.3) is 0 Å². The van der Waals surface area contributed by atoms with Gasteiger partial charge in [-0.3, -0.25) is 4.79 Å². The van der Waals surface area contributed by atoms with E-state index < -0.39 is 5.97 Å². The van der Waals surface area contributed by atoms with E-state index in [0.717, 1.165) is 0 Å². The van der Waals surface area contributed by atoms with E-state index >= 15 is 0 Å². The topological polar surface area (TPSA) is 97.0 Å². The zero-order valence-electron chi connectivity index (χ0n) is 11.3. The van der Waals surface area contributed by atoms with Gasteiger partial charge in [-0.25, -0.2) is 14.8 Å². The molecular formula is C13H14N4O3S. The molecule has 0 aliphatic rings. The maximum atomic E-state index is 11.7. The van der Waals surface area contributed by atoms with Crippen LogP contribution in [-0.4, -0.2) is 39.2 Å². The maximum Gasteiger partial charge on any atom is 0.356 e. The van der Waals surface area contributed by atoms with Crippen LogP contribution in [0.15, 0.2) is 35.7 Å². The summed E-state index contributed by atoms with van der Waals surface area (Å²) in [5, 5.41) is 3.14. The lowest BCUT2D eigenvalue weighted by atomic mass is 10.4. The van der Waals surface area contributed by atoms with Gasteiger partial charge in [0.2, 0.25) is 5.91 Å². The number of hydrogen-bond acceptors (Lipinski definition) is 6. The van der Waals surface area contributed by atoms with Crippen LogP contribution in [0.4, 0.5) is 5.82 Å². The number of amides is 1. The molecule has 2 aromatic heterocycles. The lowest BCUT2D eigenvalue weighted by Crippen LogP contribution is -2.14. The number of carbonyl (C=O) groups excluding carboxylic acids is 2. The lowest BCUT2D eigenvalue weighted by Gasteiger charge is -2.02. The molecule has 7 nitrogen and oxygen atoms in total. The number of rotatable bonds is 6. The lowest BCUT2D eigenvalue weighted by molar-refractivity contribution is -0.113. The SMILES string of the molecule is CCOC(=O)c1cnc(SCC(=O)Nc2ccccn2)[nH]1. The van der Waals surface area contributed by atoms with E-state index in [1.54, 1.807) is 31.3 Å². The fourth-order valence-electron chi connectivity index (χ4n) is 1.44. The van der Waals surface area contributed by atoms with E-state index in [1.807, 2.05) is 0 Å². The van der Waals surface area contributed by atoms with E-state index in [9.17, 15) is 9.59 Å². The van der Waals surface area contributed by atoms with Crippen molar-refractivity contribution < 1.29 is 14.3 Å². The molecule has 0 spiro atoms. The molecule has 21 heavy (non-hydrogen) atoms. The van der Waals surface area contributed by atoms with Crippen molar-refractivity contribution in [1.29, 1.82) is 0 Å². The number of ether oxygens (including phenoxy) is 1. The molecule has 0 unspecified atom stereocenters. The van der Waals surface area contributed by atoms with Crippen molar-refractivity contribution in [3.05, 3.63) is 36.3 Å². The monoisotopic (exact) mass is 306 g/mol. The molecule has 2 rings (SSSR count). The summed E-state index contributed by atoms with van der Waals surface area (Å²) in [6, 6.07) is 5.26. The Kier molecular flexibility index (Phi) is 5.33. The highest BCUT2D eigenvalue weighted by molar-refractivity contribution is 7.99. The van der Waals surface area contributed by atoms with Crippen molar-refractivity contribution in [2.24, 2.45) is 0 Å². The number of esters is 1. The number of anilines is 1. The van der Waals surface area contributed by atoms with E-state index in [4.69, 9.17) is 4.74 Å². The fourth-order valence-corrected chi connectivity index (χ4v) is 2.09. The molecular weight excluding hydrogens is 292 g/mol. The minimum Gasteiger partial charge on any atom is -0.461 e. The Morgan fingerprint density at radius 3 is 2.95 bits per heavy atom. The van der Waals surface area contributed by atoms with Crippen molar-refractivity contribution in [3.63, 3.8) is 0 Å². The third kappa shape index (κ3) is 4.60. The third-order valence-corrected chi connectivity index (χ3v) is 3.21. The number of hydrogen-bond donors (Lipinski definition) is 2. The van der Waals surface area contributed by atoms with Gasteiger partial charge in [0.05, 0.1) is 18.6 Å². The van der Waals surface area contributed by atoms with E-state index in [1.165, 1.54) is 18.0 Å². The van der Waals surface area contributed by atoms with Crippen LogP contribution in [0.3, 0.4) is 0 Å². The quantitative estimate of drug-likeness (QED) is 0.623. The summed E-state index contributed by atoms with van der Waals surface area (Å²) in [5.74, 6) is -0.0101. The van der Waals surface area contributed by atoms with E-state index in [2.05, 4.69) is 20.3 Å². The van der Waals surface area contributed by atoms with Crippen LogP contribution < -0.4 is 5.32 Å². The molecule has 0 bridgehead atoms. The smallest absolute Gasteiger partial charge is 0.356 e. The third-order valence-electron chi connectivity index (χ3n) is 2.32. The molecule has 0 radical (unpaired) electrons. The second-order valence-corrected chi connectivity index (χ2v) is 4.84.